The number of amides is 1. The van der Waals surface area contributed by atoms with Gasteiger partial charge in [0.2, 0.25) is 5.91 Å². The van der Waals surface area contributed by atoms with Crippen molar-refractivity contribution >= 4 is 23.1 Å². The average Bonchev–Trinajstić information content (AvgIpc) is 2.64. The first-order valence-corrected chi connectivity index (χ1v) is 8.29. The van der Waals surface area contributed by atoms with Gasteiger partial charge in [0, 0.05) is 5.92 Å². The molecule has 0 radical (unpaired) electrons. The molecule has 1 heterocycles. The van der Waals surface area contributed by atoms with E-state index in [1.165, 1.54) is 6.42 Å². The zero-order valence-corrected chi connectivity index (χ0v) is 13.5. The molecule has 2 N–H and O–H groups in total. The van der Waals surface area contributed by atoms with Crippen molar-refractivity contribution in [1.82, 2.24) is 4.98 Å². The summed E-state index contributed by atoms with van der Waals surface area (Å²) >= 11 is 0. The van der Waals surface area contributed by atoms with Crippen LogP contribution < -0.4 is 10.6 Å². The average molecular weight is 320 g/mol. The minimum atomic E-state index is 0.0898. The lowest BCUT2D eigenvalue weighted by Gasteiger charge is -2.20. The molecule has 0 atom stereocenters. The molecule has 0 bridgehead atoms. The molecule has 0 unspecified atom stereocenters. The van der Waals surface area contributed by atoms with Gasteiger partial charge in [0.25, 0.3) is 0 Å². The number of aromatic nitrogens is 1. The zero-order valence-electron chi connectivity index (χ0n) is 13.5. The Bertz CT molecular complexity index is 743. The van der Waals surface area contributed by atoms with Crippen molar-refractivity contribution in [2.24, 2.45) is 5.92 Å². The van der Waals surface area contributed by atoms with Crippen molar-refractivity contribution < 1.29 is 4.79 Å². The first-order chi connectivity index (χ1) is 11.8. The topological polar surface area (TPSA) is 77.8 Å². The number of para-hydroxylation sites is 1. The van der Waals surface area contributed by atoms with E-state index in [4.69, 9.17) is 5.26 Å². The first-order valence-electron chi connectivity index (χ1n) is 8.29. The van der Waals surface area contributed by atoms with Gasteiger partial charge in [0.05, 0.1) is 23.1 Å². The number of pyridine rings is 1. The Morgan fingerprint density at radius 2 is 1.92 bits per heavy atom. The fraction of sp³-hybridized carbons (Fsp3) is 0.316. The van der Waals surface area contributed by atoms with Crippen molar-refractivity contribution in [1.29, 1.82) is 5.26 Å². The van der Waals surface area contributed by atoms with E-state index in [-0.39, 0.29) is 11.8 Å². The monoisotopic (exact) mass is 320 g/mol. The maximum absolute atomic E-state index is 12.2. The number of nitrogens with zero attached hydrogens (tertiary/aromatic N) is 2. The Kier molecular flexibility index (Phi) is 5.07. The molecule has 0 aliphatic heterocycles. The molecule has 3 rings (SSSR count). The van der Waals surface area contributed by atoms with Crippen molar-refractivity contribution in [2.45, 2.75) is 32.1 Å². The van der Waals surface area contributed by atoms with E-state index in [0.717, 1.165) is 25.7 Å². The highest BCUT2D eigenvalue weighted by Crippen LogP contribution is 2.25. The van der Waals surface area contributed by atoms with Gasteiger partial charge in [-0.25, -0.2) is 4.98 Å². The van der Waals surface area contributed by atoms with Gasteiger partial charge in [-0.1, -0.05) is 31.4 Å². The van der Waals surface area contributed by atoms with E-state index in [9.17, 15) is 4.79 Å². The van der Waals surface area contributed by atoms with Crippen LogP contribution in [0.25, 0.3) is 0 Å². The van der Waals surface area contributed by atoms with Crippen LogP contribution in [-0.2, 0) is 4.79 Å². The first kappa shape index (κ1) is 16.0. The molecular weight excluding hydrogens is 300 g/mol. The van der Waals surface area contributed by atoms with E-state index < -0.39 is 0 Å². The van der Waals surface area contributed by atoms with Crippen molar-refractivity contribution in [3.05, 3.63) is 48.2 Å². The van der Waals surface area contributed by atoms with Crippen LogP contribution in [-0.4, -0.2) is 10.9 Å². The summed E-state index contributed by atoms with van der Waals surface area (Å²) in [6, 6.07) is 13.0. The van der Waals surface area contributed by atoms with E-state index in [2.05, 4.69) is 21.7 Å². The van der Waals surface area contributed by atoms with Crippen molar-refractivity contribution in [3.63, 3.8) is 0 Å². The van der Waals surface area contributed by atoms with Gasteiger partial charge in [-0.05, 0) is 37.1 Å². The number of hydrogen-bond donors (Lipinski definition) is 2. The van der Waals surface area contributed by atoms with Crippen molar-refractivity contribution in [2.75, 3.05) is 10.6 Å². The van der Waals surface area contributed by atoms with Gasteiger partial charge in [-0.3, -0.25) is 4.79 Å². The van der Waals surface area contributed by atoms with Gasteiger partial charge in [-0.15, -0.1) is 0 Å². The Hall–Kier alpha value is -2.87. The normalized spacial score (nSPS) is 14.6. The second-order valence-corrected chi connectivity index (χ2v) is 6.04. The molecule has 2 aromatic rings. The number of anilines is 3. The lowest BCUT2D eigenvalue weighted by molar-refractivity contribution is -0.120. The summed E-state index contributed by atoms with van der Waals surface area (Å²) in [7, 11) is 0. The van der Waals surface area contributed by atoms with Crippen LogP contribution in [0.5, 0.6) is 0 Å². The highest BCUT2D eigenvalue weighted by Gasteiger charge is 2.21. The molecule has 24 heavy (non-hydrogen) atoms. The van der Waals surface area contributed by atoms with Crippen molar-refractivity contribution in [3.8, 4) is 6.07 Å². The number of nitriles is 1. The molecule has 1 aromatic heterocycles. The maximum atomic E-state index is 12.2. The van der Waals surface area contributed by atoms with E-state index >= 15 is 0 Å². The fourth-order valence-electron chi connectivity index (χ4n) is 2.98. The molecule has 1 aromatic carbocycles. The van der Waals surface area contributed by atoms with Crippen LogP contribution in [0, 0.1) is 17.2 Å². The van der Waals surface area contributed by atoms with E-state index in [1.54, 1.807) is 18.3 Å². The van der Waals surface area contributed by atoms with Gasteiger partial charge in [-0.2, -0.15) is 5.26 Å². The molecule has 1 fully saturated rings. The number of benzene rings is 1. The van der Waals surface area contributed by atoms with E-state index in [0.29, 0.717) is 22.8 Å². The van der Waals surface area contributed by atoms with Gasteiger partial charge in [0.15, 0.2) is 0 Å². The highest BCUT2D eigenvalue weighted by atomic mass is 16.1. The molecular formula is C19H20N4O. The Labute approximate surface area is 141 Å². The molecule has 1 aliphatic rings. The second kappa shape index (κ2) is 7.60. The maximum Gasteiger partial charge on any atom is 0.227 e. The molecule has 122 valence electrons. The number of rotatable bonds is 4. The van der Waals surface area contributed by atoms with Crippen LogP contribution in [0.3, 0.4) is 0 Å². The Balaban J connectivity index is 1.63. The van der Waals surface area contributed by atoms with Crippen LogP contribution in [0.15, 0.2) is 42.6 Å². The number of carbonyl (C=O) groups excluding carboxylic acids is 1. The standard InChI is InChI=1S/C19H20N4O/c20-12-15-8-4-5-9-17(15)23-18-11-10-16(13-21-18)22-19(24)14-6-2-1-3-7-14/h4-5,8-11,13-14H,1-3,6-7H2,(H,21,23)(H,22,24). The van der Waals surface area contributed by atoms with Gasteiger partial charge >= 0.3 is 0 Å². The predicted molar refractivity (Wildman–Crippen MR) is 93.9 cm³/mol. The van der Waals surface area contributed by atoms with Crippen LogP contribution in [0.1, 0.15) is 37.7 Å². The third-order valence-electron chi connectivity index (χ3n) is 4.32. The minimum Gasteiger partial charge on any atom is -0.339 e. The predicted octanol–water partition coefficient (Wildman–Crippen LogP) is 4.22. The third-order valence-corrected chi connectivity index (χ3v) is 4.32. The molecule has 0 spiro atoms. The smallest absolute Gasteiger partial charge is 0.227 e. The molecule has 5 nitrogen and oxygen atoms in total. The largest absolute Gasteiger partial charge is 0.339 e. The SMILES string of the molecule is N#Cc1ccccc1Nc1ccc(NC(=O)C2CCCCC2)cn1. The number of hydrogen-bond acceptors (Lipinski definition) is 4. The molecule has 1 aliphatic carbocycles. The molecule has 0 saturated heterocycles. The molecule has 1 saturated carbocycles. The van der Waals surface area contributed by atoms with Crippen LogP contribution in [0.2, 0.25) is 0 Å². The summed E-state index contributed by atoms with van der Waals surface area (Å²) in [5.41, 5.74) is 1.98. The summed E-state index contributed by atoms with van der Waals surface area (Å²) < 4.78 is 0. The summed E-state index contributed by atoms with van der Waals surface area (Å²) in [6.45, 7) is 0. The van der Waals surface area contributed by atoms with Gasteiger partial charge < -0.3 is 10.6 Å². The molecule has 5 heteroatoms. The Morgan fingerprint density at radius 1 is 1.12 bits per heavy atom. The highest BCUT2D eigenvalue weighted by molar-refractivity contribution is 5.92. The van der Waals surface area contributed by atoms with Crippen LogP contribution >= 0.6 is 0 Å². The summed E-state index contributed by atoms with van der Waals surface area (Å²) in [5.74, 6) is 0.847. The number of nitrogens with one attached hydrogen (secondary N) is 2. The third kappa shape index (κ3) is 3.90. The summed E-state index contributed by atoms with van der Waals surface area (Å²) in [4.78, 5) is 16.5. The summed E-state index contributed by atoms with van der Waals surface area (Å²) in [6.07, 6.45) is 7.09. The number of carbonyl (C=O) groups is 1. The van der Waals surface area contributed by atoms with Crippen LogP contribution in [0.4, 0.5) is 17.2 Å². The second-order valence-electron chi connectivity index (χ2n) is 6.04. The lowest BCUT2D eigenvalue weighted by Crippen LogP contribution is -2.24. The Morgan fingerprint density at radius 3 is 2.62 bits per heavy atom. The van der Waals surface area contributed by atoms with E-state index in [1.807, 2.05) is 24.3 Å². The fourth-order valence-corrected chi connectivity index (χ4v) is 2.98. The quantitative estimate of drug-likeness (QED) is 0.884. The zero-order chi connectivity index (χ0) is 16.8. The summed E-state index contributed by atoms with van der Waals surface area (Å²) in [5, 5.41) is 15.2. The van der Waals surface area contributed by atoms with Gasteiger partial charge in [0.1, 0.15) is 11.9 Å². The minimum absolute atomic E-state index is 0.0898. The lowest BCUT2D eigenvalue weighted by atomic mass is 9.88. The molecule has 1 amide bonds.